The van der Waals surface area contributed by atoms with Crippen LogP contribution in [0.15, 0.2) is 24.3 Å². The highest BCUT2D eigenvalue weighted by molar-refractivity contribution is 5.99. The molecule has 0 radical (unpaired) electrons. The van der Waals surface area contributed by atoms with E-state index in [0.717, 1.165) is 0 Å². The highest BCUT2D eigenvalue weighted by atomic mass is 16.4. The van der Waals surface area contributed by atoms with E-state index in [1.165, 1.54) is 6.07 Å². The number of carboxylic acid groups (broad SMARTS) is 1. The van der Waals surface area contributed by atoms with E-state index in [4.69, 9.17) is 5.11 Å². The first kappa shape index (κ1) is 14.0. The number of urea groups is 1. The van der Waals surface area contributed by atoms with Crippen LogP contribution in [0.4, 0.5) is 10.5 Å². The molecule has 0 heterocycles. The SMILES string of the molecule is CC(C)(C)CNC(=O)Nc1ccccc1C(=O)O. The Kier molecular flexibility index (Phi) is 4.31. The van der Waals surface area contributed by atoms with Gasteiger partial charge in [-0.15, -0.1) is 0 Å². The number of amides is 2. The number of benzene rings is 1. The van der Waals surface area contributed by atoms with E-state index >= 15 is 0 Å². The van der Waals surface area contributed by atoms with Gasteiger partial charge >= 0.3 is 12.0 Å². The zero-order valence-electron chi connectivity index (χ0n) is 10.8. The van der Waals surface area contributed by atoms with Crippen LogP contribution in [0.1, 0.15) is 31.1 Å². The van der Waals surface area contributed by atoms with Crippen molar-refractivity contribution in [2.75, 3.05) is 11.9 Å². The lowest BCUT2D eigenvalue weighted by Crippen LogP contribution is -2.35. The van der Waals surface area contributed by atoms with Crippen LogP contribution in [0, 0.1) is 5.41 Å². The lowest BCUT2D eigenvalue weighted by Gasteiger charge is -2.19. The quantitative estimate of drug-likeness (QED) is 0.771. The largest absolute Gasteiger partial charge is 0.478 e. The Bertz CT molecular complexity index is 450. The van der Waals surface area contributed by atoms with Crippen LogP contribution in [0.5, 0.6) is 0 Å². The van der Waals surface area contributed by atoms with Gasteiger partial charge in [-0.25, -0.2) is 9.59 Å². The van der Waals surface area contributed by atoms with E-state index < -0.39 is 12.0 Å². The first-order chi connectivity index (χ1) is 8.29. The molecule has 18 heavy (non-hydrogen) atoms. The molecule has 3 N–H and O–H groups in total. The molecule has 0 aromatic heterocycles. The fourth-order valence-electron chi connectivity index (χ4n) is 1.29. The summed E-state index contributed by atoms with van der Waals surface area (Å²) in [5.41, 5.74) is 0.337. The number of hydrogen-bond donors (Lipinski definition) is 3. The summed E-state index contributed by atoms with van der Waals surface area (Å²) in [7, 11) is 0. The topological polar surface area (TPSA) is 78.4 Å². The molecule has 0 unspecified atom stereocenters. The lowest BCUT2D eigenvalue weighted by molar-refractivity contribution is 0.0698. The number of anilines is 1. The summed E-state index contributed by atoms with van der Waals surface area (Å²) in [5, 5.41) is 14.2. The zero-order valence-corrected chi connectivity index (χ0v) is 10.8. The van der Waals surface area contributed by atoms with Gasteiger partial charge in [0.2, 0.25) is 0 Å². The van der Waals surface area contributed by atoms with Gasteiger partial charge in [0.25, 0.3) is 0 Å². The van der Waals surface area contributed by atoms with Gasteiger partial charge in [-0.05, 0) is 17.5 Å². The van der Waals surface area contributed by atoms with E-state index in [0.29, 0.717) is 6.54 Å². The van der Waals surface area contributed by atoms with Gasteiger partial charge in [0.15, 0.2) is 0 Å². The molecule has 0 aliphatic rings. The van der Waals surface area contributed by atoms with Crippen molar-refractivity contribution in [3.8, 4) is 0 Å². The van der Waals surface area contributed by atoms with Crippen molar-refractivity contribution in [2.24, 2.45) is 5.41 Å². The number of hydrogen-bond acceptors (Lipinski definition) is 2. The van der Waals surface area contributed by atoms with Crippen LogP contribution < -0.4 is 10.6 Å². The van der Waals surface area contributed by atoms with Gasteiger partial charge in [-0.3, -0.25) is 0 Å². The molecule has 1 rings (SSSR count). The smallest absolute Gasteiger partial charge is 0.337 e. The molecule has 0 fully saturated rings. The number of para-hydroxylation sites is 1. The number of nitrogens with one attached hydrogen (secondary N) is 2. The molecule has 98 valence electrons. The molecule has 0 aliphatic heterocycles. The highest BCUT2D eigenvalue weighted by Gasteiger charge is 2.14. The molecule has 2 amide bonds. The molecule has 1 aromatic rings. The Balaban J connectivity index is 2.68. The predicted molar refractivity (Wildman–Crippen MR) is 69.9 cm³/mol. The van der Waals surface area contributed by atoms with Crippen molar-refractivity contribution in [3.63, 3.8) is 0 Å². The highest BCUT2D eigenvalue weighted by Crippen LogP contribution is 2.15. The van der Waals surface area contributed by atoms with E-state index in [-0.39, 0.29) is 16.7 Å². The monoisotopic (exact) mass is 250 g/mol. The maximum absolute atomic E-state index is 11.6. The van der Waals surface area contributed by atoms with Gasteiger partial charge in [-0.2, -0.15) is 0 Å². The van der Waals surface area contributed by atoms with E-state index in [1.807, 2.05) is 20.8 Å². The molecule has 5 heteroatoms. The van der Waals surface area contributed by atoms with E-state index in [1.54, 1.807) is 18.2 Å². The number of carboxylic acids is 1. The predicted octanol–water partition coefficient (Wildman–Crippen LogP) is 2.55. The first-order valence-electron chi connectivity index (χ1n) is 5.67. The molecular formula is C13H18N2O3. The normalized spacial score (nSPS) is 10.8. The third-order valence-corrected chi connectivity index (χ3v) is 2.18. The van der Waals surface area contributed by atoms with Gasteiger partial charge in [-0.1, -0.05) is 32.9 Å². The fourth-order valence-corrected chi connectivity index (χ4v) is 1.29. The molecule has 0 spiro atoms. The van der Waals surface area contributed by atoms with Crippen molar-refractivity contribution >= 4 is 17.7 Å². The molecule has 1 aromatic carbocycles. The van der Waals surface area contributed by atoms with Crippen molar-refractivity contribution < 1.29 is 14.7 Å². The fraction of sp³-hybridized carbons (Fsp3) is 0.385. The second kappa shape index (κ2) is 5.53. The molecule has 0 bridgehead atoms. The van der Waals surface area contributed by atoms with Gasteiger partial charge in [0.1, 0.15) is 0 Å². The summed E-state index contributed by atoms with van der Waals surface area (Å²) in [4.78, 5) is 22.6. The average Bonchev–Trinajstić information content (AvgIpc) is 2.26. The molecule has 0 saturated heterocycles. The van der Waals surface area contributed by atoms with E-state index in [9.17, 15) is 9.59 Å². The van der Waals surface area contributed by atoms with Crippen molar-refractivity contribution in [1.29, 1.82) is 0 Å². The minimum absolute atomic E-state index is 0.0242. The second-order valence-electron chi connectivity index (χ2n) is 5.22. The van der Waals surface area contributed by atoms with Crippen molar-refractivity contribution in [3.05, 3.63) is 29.8 Å². The van der Waals surface area contributed by atoms with Crippen LogP contribution in [0.3, 0.4) is 0 Å². The standard InChI is InChI=1S/C13H18N2O3/c1-13(2,3)8-14-12(18)15-10-7-5-4-6-9(10)11(16)17/h4-7H,8H2,1-3H3,(H,16,17)(H2,14,15,18). The molecule has 0 atom stereocenters. The van der Waals surface area contributed by atoms with Gasteiger partial charge in [0.05, 0.1) is 11.3 Å². The van der Waals surface area contributed by atoms with Crippen molar-refractivity contribution in [1.82, 2.24) is 5.32 Å². The molecule has 0 saturated carbocycles. The number of rotatable bonds is 3. The van der Waals surface area contributed by atoms with Crippen LogP contribution in [-0.2, 0) is 0 Å². The average molecular weight is 250 g/mol. The van der Waals surface area contributed by atoms with Crippen LogP contribution in [0.25, 0.3) is 0 Å². The van der Waals surface area contributed by atoms with Crippen molar-refractivity contribution in [2.45, 2.75) is 20.8 Å². The molecule has 5 nitrogen and oxygen atoms in total. The number of aromatic carboxylic acids is 1. The second-order valence-corrected chi connectivity index (χ2v) is 5.22. The lowest BCUT2D eigenvalue weighted by atomic mass is 9.97. The van der Waals surface area contributed by atoms with E-state index in [2.05, 4.69) is 10.6 Å². The Morgan fingerprint density at radius 2 is 1.83 bits per heavy atom. The maximum atomic E-state index is 11.6. The third-order valence-electron chi connectivity index (χ3n) is 2.18. The first-order valence-corrected chi connectivity index (χ1v) is 5.67. The molecular weight excluding hydrogens is 232 g/mol. The summed E-state index contributed by atoms with van der Waals surface area (Å²) in [5.74, 6) is -1.07. The third kappa shape index (κ3) is 4.45. The van der Waals surface area contributed by atoms with Gasteiger partial charge in [0, 0.05) is 6.54 Å². The van der Waals surface area contributed by atoms with Crippen LogP contribution in [0.2, 0.25) is 0 Å². The Morgan fingerprint density at radius 1 is 1.22 bits per heavy atom. The summed E-state index contributed by atoms with van der Waals surface area (Å²) >= 11 is 0. The molecule has 0 aliphatic carbocycles. The summed E-state index contributed by atoms with van der Waals surface area (Å²) < 4.78 is 0. The maximum Gasteiger partial charge on any atom is 0.337 e. The zero-order chi connectivity index (χ0) is 13.8. The Morgan fingerprint density at radius 3 is 2.39 bits per heavy atom. The summed E-state index contributed by atoms with van der Waals surface area (Å²) in [6.07, 6.45) is 0. The van der Waals surface area contributed by atoms with Crippen LogP contribution >= 0.6 is 0 Å². The Hall–Kier alpha value is -2.04. The summed E-state index contributed by atoms with van der Waals surface area (Å²) in [6.45, 7) is 6.50. The summed E-state index contributed by atoms with van der Waals surface area (Å²) in [6, 6.07) is 5.88. The van der Waals surface area contributed by atoms with Crippen LogP contribution in [-0.4, -0.2) is 23.7 Å². The number of carbonyl (C=O) groups excluding carboxylic acids is 1. The minimum Gasteiger partial charge on any atom is -0.478 e. The minimum atomic E-state index is -1.07. The Labute approximate surface area is 106 Å². The number of carbonyl (C=O) groups is 2. The van der Waals surface area contributed by atoms with Gasteiger partial charge < -0.3 is 15.7 Å².